The average Bonchev–Trinajstić information content (AvgIpc) is 2.29. The summed E-state index contributed by atoms with van der Waals surface area (Å²) in [7, 11) is 0. The Balaban J connectivity index is 1.92. The van der Waals surface area contributed by atoms with Crippen LogP contribution in [0.4, 0.5) is 0 Å². The third-order valence-corrected chi connectivity index (χ3v) is 3.15. The Morgan fingerprint density at radius 3 is 2.80 bits per heavy atom. The van der Waals surface area contributed by atoms with Crippen LogP contribution in [0.2, 0.25) is 0 Å². The third-order valence-electron chi connectivity index (χ3n) is 2.77. The van der Waals surface area contributed by atoms with E-state index in [9.17, 15) is 0 Å². The quantitative estimate of drug-likeness (QED) is 0.710. The molecule has 0 radical (unpaired) electrons. The largest absolute Gasteiger partial charge is 0.377 e. The molecule has 1 rings (SSSR count). The molecular formula is C12H22ClNO. The van der Waals surface area contributed by atoms with E-state index in [-0.39, 0.29) is 0 Å². The van der Waals surface area contributed by atoms with Crippen molar-refractivity contribution >= 4 is 11.6 Å². The topological polar surface area (TPSA) is 21.3 Å². The SMILES string of the molecule is CC(=CCl)CNCCOC1CCCCC1. The van der Waals surface area contributed by atoms with Crippen LogP contribution in [0.15, 0.2) is 11.1 Å². The normalized spacial score (nSPS) is 19.5. The smallest absolute Gasteiger partial charge is 0.0594 e. The minimum absolute atomic E-state index is 0.519. The van der Waals surface area contributed by atoms with Gasteiger partial charge in [0.15, 0.2) is 0 Å². The van der Waals surface area contributed by atoms with Crippen LogP contribution < -0.4 is 5.32 Å². The van der Waals surface area contributed by atoms with E-state index in [1.165, 1.54) is 32.1 Å². The number of nitrogens with one attached hydrogen (secondary N) is 1. The van der Waals surface area contributed by atoms with E-state index in [1.54, 1.807) is 5.54 Å². The van der Waals surface area contributed by atoms with E-state index in [0.29, 0.717) is 6.10 Å². The van der Waals surface area contributed by atoms with E-state index in [2.05, 4.69) is 5.32 Å². The van der Waals surface area contributed by atoms with Gasteiger partial charge in [0.1, 0.15) is 0 Å². The second-order valence-electron chi connectivity index (χ2n) is 4.26. The first-order valence-corrected chi connectivity index (χ1v) is 6.34. The Hall–Kier alpha value is -0.0500. The zero-order chi connectivity index (χ0) is 10.9. The summed E-state index contributed by atoms with van der Waals surface area (Å²) < 4.78 is 5.78. The van der Waals surface area contributed by atoms with Crippen molar-refractivity contribution in [2.45, 2.75) is 45.1 Å². The fourth-order valence-electron chi connectivity index (χ4n) is 1.85. The monoisotopic (exact) mass is 231 g/mol. The van der Waals surface area contributed by atoms with E-state index >= 15 is 0 Å². The van der Waals surface area contributed by atoms with Crippen LogP contribution in [0.3, 0.4) is 0 Å². The number of ether oxygens (including phenoxy) is 1. The maximum atomic E-state index is 5.78. The van der Waals surface area contributed by atoms with Crippen LogP contribution in [0, 0.1) is 0 Å². The van der Waals surface area contributed by atoms with Gasteiger partial charge >= 0.3 is 0 Å². The Kier molecular flexibility index (Phi) is 7.07. The number of hydrogen-bond donors (Lipinski definition) is 1. The fourth-order valence-corrected chi connectivity index (χ4v) is 1.93. The van der Waals surface area contributed by atoms with Gasteiger partial charge in [-0.2, -0.15) is 0 Å². The van der Waals surface area contributed by atoms with Crippen molar-refractivity contribution in [3.8, 4) is 0 Å². The van der Waals surface area contributed by atoms with Gasteiger partial charge in [0.05, 0.1) is 12.7 Å². The Labute approximate surface area is 98.0 Å². The van der Waals surface area contributed by atoms with Gasteiger partial charge in [-0.15, -0.1) is 0 Å². The van der Waals surface area contributed by atoms with Crippen LogP contribution in [-0.2, 0) is 4.74 Å². The molecule has 2 nitrogen and oxygen atoms in total. The molecule has 0 heterocycles. The highest BCUT2D eigenvalue weighted by atomic mass is 35.5. The summed E-state index contributed by atoms with van der Waals surface area (Å²) in [4.78, 5) is 0. The molecule has 0 saturated heterocycles. The van der Waals surface area contributed by atoms with Crippen molar-refractivity contribution in [2.75, 3.05) is 19.7 Å². The van der Waals surface area contributed by atoms with Gasteiger partial charge in [-0.1, -0.05) is 30.9 Å². The van der Waals surface area contributed by atoms with Crippen LogP contribution >= 0.6 is 11.6 Å². The first kappa shape index (κ1) is 13.0. The van der Waals surface area contributed by atoms with Crippen molar-refractivity contribution in [1.82, 2.24) is 5.32 Å². The highest BCUT2D eigenvalue weighted by Gasteiger charge is 2.12. The molecule has 0 aromatic carbocycles. The van der Waals surface area contributed by atoms with Crippen molar-refractivity contribution < 1.29 is 4.74 Å². The minimum atomic E-state index is 0.519. The molecule has 0 atom stereocenters. The first-order valence-electron chi connectivity index (χ1n) is 5.91. The second kappa shape index (κ2) is 8.14. The van der Waals surface area contributed by atoms with E-state index in [0.717, 1.165) is 25.3 Å². The van der Waals surface area contributed by atoms with Gasteiger partial charge in [0.25, 0.3) is 0 Å². The zero-order valence-corrected chi connectivity index (χ0v) is 10.4. The summed E-state index contributed by atoms with van der Waals surface area (Å²) in [6.45, 7) is 4.61. The number of hydrogen-bond acceptors (Lipinski definition) is 2. The van der Waals surface area contributed by atoms with Gasteiger partial charge in [-0.3, -0.25) is 0 Å². The maximum Gasteiger partial charge on any atom is 0.0594 e. The Morgan fingerprint density at radius 2 is 2.13 bits per heavy atom. The second-order valence-corrected chi connectivity index (χ2v) is 4.48. The molecule has 1 saturated carbocycles. The molecule has 1 N–H and O–H groups in total. The molecule has 0 aliphatic heterocycles. The summed E-state index contributed by atoms with van der Waals surface area (Å²) in [6, 6.07) is 0. The molecule has 0 bridgehead atoms. The van der Waals surface area contributed by atoms with Gasteiger partial charge in [-0.25, -0.2) is 0 Å². The molecular weight excluding hydrogens is 210 g/mol. The van der Waals surface area contributed by atoms with Crippen LogP contribution in [-0.4, -0.2) is 25.8 Å². The maximum absolute atomic E-state index is 5.78. The molecule has 88 valence electrons. The molecule has 1 aliphatic carbocycles. The molecule has 15 heavy (non-hydrogen) atoms. The van der Waals surface area contributed by atoms with Gasteiger partial charge in [0, 0.05) is 18.6 Å². The van der Waals surface area contributed by atoms with E-state index in [1.807, 2.05) is 6.92 Å². The lowest BCUT2D eigenvalue weighted by atomic mass is 9.98. The standard InChI is InChI=1S/C12H22ClNO/c1-11(9-13)10-14-7-8-15-12-5-3-2-4-6-12/h9,12,14H,2-8,10H2,1H3. The fraction of sp³-hybridized carbons (Fsp3) is 0.833. The Morgan fingerprint density at radius 1 is 1.40 bits per heavy atom. The third kappa shape index (κ3) is 6.18. The lowest BCUT2D eigenvalue weighted by Gasteiger charge is -2.22. The summed E-state index contributed by atoms with van der Waals surface area (Å²) in [6.07, 6.45) is 7.09. The van der Waals surface area contributed by atoms with E-state index < -0.39 is 0 Å². The highest BCUT2D eigenvalue weighted by Crippen LogP contribution is 2.19. The molecule has 3 heteroatoms. The van der Waals surface area contributed by atoms with Gasteiger partial charge < -0.3 is 10.1 Å². The number of halogens is 1. The van der Waals surface area contributed by atoms with Crippen LogP contribution in [0.5, 0.6) is 0 Å². The predicted molar refractivity (Wildman–Crippen MR) is 65.3 cm³/mol. The van der Waals surface area contributed by atoms with Crippen molar-refractivity contribution in [3.05, 3.63) is 11.1 Å². The number of rotatable bonds is 6. The van der Waals surface area contributed by atoms with E-state index in [4.69, 9.17) is 16.3 Å². The first-order chi connectivity index (χ1) is 7.33. The van der Waals surface area contributed by atoms with Crippen molar-refractivity contribution in [3.63, 3.8) is 0 Å². The van der Waals surface area contributed by atoms with Crippen molar-refractivity contribution in [1.29, 1.82) is 0 Å². The molecule has 0 amide bonds. The average molecular weight is 232 g/mol. The molecule has 1 aliphatic rings. The van der Waals surface area contributed by atoms with Crippen molar-refractivity contribution in [2.24, 2.45) is 0 Å². The van der Waals surface area contributed by atoms with Crippen LogP contribution in [0.25, 0.3) is 0 Å². The zero-order valence-electron chi connectivity index (χ0n) is 9.60. The molecule has 0 spiro atoms. The highest BCUT2D eigenvalue weighted by molar-refractivity contribution is 6.25. The lowest BCUT2D eigenvalue weighted by molar-refractivity contribution is 0.0306. The van der Waals surface area contributed by atoms with Gasteiger partial charge in [0.2, 0.25) is 0 Å². The summed E-state index contributed by atoms with van der Waals surface area (Å²) in [5, 5.41) is 3.30. The van der Waals surface area contributed by atoms with Gasteiger partial charge in [-0.05, 0) is 25.3 Å². The Bertz CT molecular complexity index is 188. The molecule has 0 aromatic rings. The molecule has 0 aromatic heterocycles. The van der Waals surface area contributed by atoms with Crippen LogP contribution in [0.1, 0.15) is 39.0 Å². The molecule has 0 unspecified atom stereocenters. The minimum Gasteiger partial charge on any atom is -0.377 e. The summed E-state index contributed by atoms with van der Waals surface area (Å²) in [5.74, 6) is 0. The summed E-state index contributed by atoms with van der Waals surface area (Å²) in [5.41, 5.74) is 2.78. The lowest BCUT2D eigenvalue weighted by Crippen LogP contribution is -2.25. The molecule has 1 fully saturated rings. The summed E-state index contributed by atoms with van der Waals surface area (Å²) >= 11 is 5.55. The predicted octanol–water partition coefficient (Wildman–Crippen LogP) is 3.07.